The molecule has 0 bridgehead atoms. The Hall–Kier alpha value is -1.92. The molecule has 1 aromatic rings. The van der Waals surface area contributed by atoms with Gasteiger partial charge in [0.2, 0.25) is 0 Å². The minimum Gasteiger partial charge on any atom is -0.506 e. The van der Waals surface area contributed by atoms with E-state index in [0.29, 0.717) is 5.56 Å². The quantitative estimate of drug-likeness (QED) is 0.512. The molecule has 88 valence electrons. The molecule has 0 heterocycles. The summed E-state index contributed by atoms with van der Waals surface area (Å²) in [5.74, 6) is -2.48. The van der Waals surface area contributed by atoms with Gasteiger partial charge in [0.05, 0.1) is 5.69 Å². The number of alkyl halides is 3. The van der Waals surface area contributed by atoms with Gasteiger partial charge in [-0.05, 0) is 18.6 Å². The van der Waals surface area contributed by atoms with Gasteiger partial charge in [0.25, 0.3) is 0 Å². The average molecular weight is 234 g/mol. The van der Waals surface area contributed by atoms with E-state index in [1.54, 1.807) is 5.32 Å². The third-order valence-corrected chi connectivity index (χ3v) is 1.88. The second kappa shape index (κ2) is 3.92. The van der Waals surface area contributed by atoms with Crippen molar-refractivity contribution in [3.05, 3.63) is 17.7 Å². The lowest BCUT2D eigenvalue weighted by atomic mass is 10.1. The van der Waals surface area contributed by atoms with Crippen LogP contribution in [0.3, 0.4) is 0 Å². The first-order valence-electron chi connectivity index (χ1n) is 4.19. The number of anilines is 2. The summed E-state index contributed by atoms with van der Waals surface area (Å²) in [5.41, 5.74) is 5.65. The molecular weight excluding hydrogens is 225 g/mol. The minimum absolute atomic E-state index is 0.0602. The molecule has 0 aliphatic carbocycles. The number of rotatable bonds is 1. The number of nitrogens with one attached hydrogen (secondary N) is 1. The zero-order valence-corrected chi connectivity index (χ0v) is 8.22. The Morgan fingerprint density at radius 1 is 1.44 bits per heavy atom. The molecule has 4 N–H and O–H groups in total. The smallest absolute Gasteiger partial charge is 0.471 e. The van der Waals surface area contributed by atoms with Crippen LogP contribution in [0.25, 0.3) is 0 Å². The van der Waals surface area contributed by atoms with Crippen LogP contribution in [0.1, 0.15) is 5.56 Å². The summed E-state index contributed by atoms with van der Waals surface area (Å²) >= 11 is 0. The van der Waals surface area contributed by atoms with Crippen molar-refractivity contribution in [1.82, 2.24) is 0 Å². The maximum Gasteiger partial charge on any atom is 0.471 e. The highest BCUT2D eigenvalue weighted by Crippen LogP contribution is 2.29. The van der Waals surface area contributed by atoms with Crippen molar-refractivity contribution < 1.29 is 23.1 Å². The Morgan fingerprint density at radius 3 is 2.44 bits per heavy atom. The van der Waals surface area contributed by atoms with Gasteiger partial charge in [-0.15, -0.1) is 0 Å². The van der Waals surface area contributed by atoms with Crippen molar-refractivity contribution in [1.29, 1.82) is 0 Å². The van der Waals surface area contributed by atoms with E-state index in [2.05, 4.69) is 0 Å². The average Bonchev–Trinajstić information content (AvgIpc) is 2.12. The van der Waals surface area contributed by atoms with Crippen molar-refractivity contribution in [3.63, 3.8) is 0 Å². The number of phenolic OH excluding ortho intramolecular Hbond substituents is 1. The molecule has 7 heteroatoms. The van der Waals surface area contributed by atoms with Gasteiger partial charge in [-0.25, -0.2) is 0 Å². The molecular formula is C9H9F3N2O2. The first kappa shape index (κ1) is 12.2. The fourth-order valence-electron chi connectivity index (χ4n) is 1.05. The van der Waals surface area contributed by atoms with Gasteiger partial charge in [-0.2, -0.15) is 13.2 Å². The number of aryl methyl sites for hydroxylation is 1. The van der Waals surface area contributed by atoms with Gasteiger partial charge in [-0.1, -0.05) is 0 Å². The maximum absolute atomic E-state index is 11.9. The van der Waals surface area contributed by atoms with Crippen LogP contribution in [-0.4, -0.2) is 17.2 Å². The number of hydrogen-bond acceptors (Lipinski definition) is 3. The highest BCUT2D eigenvalue weighted by atomic mass is 19.4. The molecule has 0 spiro atoms. The lowest BCUT2D eigenvalue weighted by Crippen LogP contribution is -2.29. The van der Waals surface area contributed by atoms with Crippen LogP contribution < -0.4 is 11.1 Å². The van der Waals surface area contributed by atoms with Gasteiger partial charge < -0.3 is 16.2 Å². The summed E-state index contributed by atoms with van der Waals surface area (Å²) in [7, 11) is 0. The summed E-state index contributed by atoms with van der Waals surface area (Å²) in [6, 6.07) is 2.19. The molecule has 1 aromatic carbocycles. The van der Waals surface area contributed by atoms with Crippen LogP contribution in [0, 0.1) is 6.92 Å². The summed E-state index contributed by atoms with van der Waals surface area (Å²) in [4.78, 5) is 10.6. The Kier molecular flexibility index (Phi) is 2.97. The van der Waals surface area contributed by atoms with Gasteiger partial charge in [0, 0.05) is 11.8 Å². The Morgan fingerprint density at radius 2 is 2.00 bits per heavy atom. The molecule has 1 rings (SSSR count). The van der Waals surface area contributed by atoms with Crippen LogP contribution in [0.5, 0.6) is 5.75 Å². The number of benzene rings is 1. The van der Waals surface area contributed by atoms with Gasteiger partial charge in [-0.3, -0.25) is 4.79 Å². The van der Waals surface area contributed by atoms with Crippen molar-refractivity contribution in [2.24, 2.45) is 0 Å². The summed E-state index contributed by atoms with van der Waals surface area (Å²) in [6.07, 6.45) is -4.97. The number of carbonyl (C=O) groups excluding carboxylic acids is 1. The van der Waals surface area contributed by atoms with E-state index in [-0.39, 0.29) is 17.1 Å². The second-order valence-electron chi connectivity index (χ2n) is 3.18. The number of carbonyl (C=O) groups is 1. The molecule has 4 nitrogen and oxygen atoms in total. The van der Waals surface area contributed by atoms with E-state index in [1.807, 2.05) is 0 Å². The highest BCUT2D eigenvalue weighted by molar-refractivity contribution is 5.95. The van der Waals surface area contributed by atoms with E-state index in [0.717, 1.165) is 6.07 Å². The third-order valence-electron chi connectivity index (χ3n) is 1.88. The maximum atomic E-state index is 11.9. The normalized spacial score (nSPS) is 11.2. The van der Waals surface area contributed by atoms with E-state index in [4.69, 9.17) is 5.73 Å². The number of hydrogen-bond donors (Lipinski definition) is 3. The molecule has 0 radical (unpaired) electrons. The minimum atomic E-state index is -4.97. The van der Waals surface area contributed by atoms with Crippen molar-refractivity contribution in [2.75, 3.05) is 11.1 Å². The van der Waals surface area contributed by atoms with E-state index < -0.39 is 12.1 Å². The second-order valence-corrected chi connectivity index (χ2v) is 3.18. The standard InChI is InChI=1S/C9H9F3N2O2/c1-4-2-5(3-6(15)7(4)13)14-8(16)9(10,11)12/h2-3,15H,13H2,1H3,(H,14,16). The molecule has 0 aromatic heterocycles. The molecule has 0 atom stereocenters. The monoisotopic (exact) mass is 234 g/mol. The highest BCUT2D eigenvalue weighted by Gasteiger charge is 2.38. The largest absolute Gasteiger partial charge is 0.506 e. The number of nitrogen functional groups attached to an aromatic ring is 1. The molecule has 0 aliphatic rings. The first-order valence-corrected chi connectivity index (χ1v) is 4.19. The summed E-state index contributed by atoms with van der Waals surface area (Å²) < 4.78 is 35.7. The Bertz CT molecular complexity index is 406. The fraction of sp³-hybridized carbons (Fsp3) is 0.222. The van der Waals surface area contributed by atoms with Crippen LogP contribution in [0.2, 0.25) is 0 Å². The molecule has 16 heavy (non-hydrogen) atoms. The molecule has 0 saturated heterocycles. The Labute approximate surface area is 88.9 Å². The van der Waals surface area contributed by atoms with Crippen LogP contribution in [0.15, 0.2) is 12.1 Å². The molecule has 0 saturated carbocycles. The van der Waals surface area contributed by atoms with Crippen molar-refractivity contribution in [2.45, 2.75) is 13.1 Å². The third kappa shape index (κ3) is 2.56. The van der Waals surface area contributed by atoms with Gasteiger partial charge in [0.15, 0.2) is 0 Å². The number of aromatic hydroxyl groups is 1. The topological polar surface area (TPSA) is 75.3 Å². The lowest BCUT2D eigenvalue weighted by molar-refractivity contribution is -0.167. The van der Waals surface area contributed by atoms with E-state index in [9.17, 15) is 23.1 Å². The van der Waals surface area contributed by atoms with Crippen molar-refractivity contribution >= 4 is 17.3 Å². The van der Waals surface area contributed by atoms with Crippen LogP contribution in [-0.2, 0) is 4.79 Å². The zero-order valence-electron chi connectivity index (χ0n) is 8.22. The zero-order chi connectivity index (χ0) is 12.5. The molecule has 0 unspecified atom stereocenters. The van der Waals surface area contributed by atoms with E-state index >= 15 is 0 Å². The number of nitrogens with two attached hydrogens (primary N) is 1. The molecule has 0 fully saturated rings. The number of phenols is 1. The summed E-state index contributed by atoms with van der Waals surface area (Å²) in [5, 5.41) is 10.9. The predicted octanol–water partition coefficient (Wildman–Crippen LogP) is 1.78. The number of amides is 1. The van der Waals surface area contributed by atoms with Gasteiger partial charge >= 0.3 is 12.1 Å². The first-order chi connectivity index (χ1) is 7.21. The lowest BCUT2D eigenvalue weighted by Gasteiger charge is -2.10. The van der Waals surface area contributed by atoms with Crippen LogP contribution in [0.4, 0.5) is 24.5 Å². The van der Waals surface area contributed by atoms with E-state index in [1.165, 1.54) is 13.0 Å². The molecule has 1 amide bonds. The SMILES string of the molecule is Cc1cc(NC(=O)C(F)(F)F)cc(O)c1N. The molecule has 0 aliphatic heterocycles. The predicted molar refractivity (Wildman–Crippen MR) is 51.9 cm³/mol. The summed E-state index contributed by atoms with van der Waals surface area (Å²) in [6.45, 7) is 1.50. The fourth-order valence-corrected chi connectivity index (χ4v) is 1.05. The van der Waals surface area contributed by atoms with Crippen LogP contribution >= 0.6 is 0 Å². The Balaban J connectivity index is 2.96. The van der Waals surface area contributed by atoms with Crippen molar-refractivity contribution in [3.8, 4) is 5.75 Å². The number of halogens is 3. The van der Waals surface area contributed by atoms with Gasteiger partial charge in [0.1, 0.15) is 5.75 Å².